The molecule has 1 aromatic heterocycles. The fourth-order valence-corrected chi connectivity index (χ4v) is 2.72. The predicted octanol–water partition coefficient (Wildman–Crippen LogP) is 3.23. The Bertz CT molecular complexity index is 438. The van der Waals surface area contributed by atoms with E-state index in [1.165, 1.54) is 17.4 Å². The summed E-state index contributed by atoms with van der Waals surface area (Å²) in [6.45, 7) is 0. The van der Waals surface area contributed by atoms with Crippen molar-refractivity contribution in [1.29, 1.82) is 0 Å². The molecule has 0 saturated carbocycles. The summed E-state index contributed by atoms with van der Waals surface area (Å²) in [6, 6.07) is 5.04. The first-order valence-electron chi connectivity index (χ1n) is 3.31. The highest BCUT2D eigenvalue weighted by molar-refractivity contribution is 14.1. The van der Waals surface area contributed by atoms with Gasteiger partial charge in [-0.15, -0.1) is 11.3 Å². The van der Waals surface area contributed by atoms with Gasteiger partial charge in [0.1, 0.15) is 5.82 Å². The van der Waals surface area contributed by atoms with Crippen molar-refractivity contribution >= 4 is 49.0 Å². The molecule has 1 aromatic carbocycles. The maximum atomic E-state index is 13.0. The molecule has 0 radical (unpaired) electrons. The van der Waals surface area contributed by atoms with Crippen LogP contribution in [0.2, 0.25) is 0 Å². The Labute approximate surface area is 86.5 Å². The number of nitrogen functional groups attached to an aromatic ring is 1. The zero-order valence-corrected chi connectivity index (χ0v) is 8.95. The van der Waals surface area contributed by atoms with Crippen LogP contribution in [0.4, 0.5) is 9.39 Å². The maximum absolute atomic E-state index is 13.0. The number of thiophene rings is 1. The predicted molar refractivity (Wildman–Crippen MR) is 58.9 cm³/mol. The van der Waals surface area contributed by atoms with E-state index in [1.807, 2.05) is 28.7 Å². The molecule has 1 heterocycles. The zero-order chi connectivity index (χ0) is 8.72. The van der Waals surface area contributed by atoms with E-state index in [4.69, 9.17) is 5.73 Å². The second-order valence-corrected chi connectivity index (χ2v) is 4.62. The van der Waals surface area contributed by atoms with E-state index in [2.05, 4.69) is 0 Å². The van der Waals surface area contributed by atoms with Crippen LogP contribution in [-0.2, 0) is 0 Å². The van der Waals surface area contributed by atoms with Gasteiger partial charge in [0.15, 0.2) is 0 Å². The van der Waals surface area contributed by atoms with Gasteiger partial charge >= 0.3 is 0 Å². The van der Waals surface area contributed by atoms with Crippen LogP contribution in [0.25, 0.3) is 10.1 Å². The normalized spacial score (nSPS) is 10.8. The fraction of sp³-hybridized carbons (Fsp3) is 0. The maximum Gasteiger partial charge on any atom is 0.137 e. The highest BCUT2D eigenvalue weighted by Gasteiger charge is 2.06. The number of hydrogen-bond donors (Lipinski definition) is 1. The van der Waals surface area contributed by atoms with Crippen molar-refractivity contribution in [2.24, 2.45) is 0 Å². The average Bonchev–Trinajstić information content (AvgIpc) is 2.39. The molecular formula is C8H5FINS. The Morgan fingerprint density at radius 1 is 1.42 bits per heavy atom. The average molecular weight is 293 g/mol. The Balaban J connectivity index is 2.89. The van der Waals surface area contributed by atoms with Gasteiger partial charge < -0.3 is 5.73 Å². The van der Waals surface area contributed by atoms with Crippen LogP contribution in [0.3, 0.4) is 0 Å². The van der Waals surface area contributed by atoms with Crippen molar-refractivity contribution in [2.45, 2.75) is 0 Å². The largest absolute Gasteiger partial charge is 0.391 e. The molecule has 2 aromatic rings. The highest BCUT2D eigenvalue weighted by Crippen LogP contribution is 2.31. The molecule has 2 rings (SSSR count). The van der Waals surface area contributed by atoms with E-state index in [1.54, 1.807) is 6.07 Å². The molecule has 0 aliphatic carbocycles. The first-order chi connectivity index (χ1) is 5.68. The SMILES string of the molecule is Nc1cc2c(I)c(F)ccc2s1. The smallest absolute Gasteiger partial charge is 0.137 e. The molecule has 0 saturated heterocycles. The van der Waals surface area contributed by atoms with E-state index < -0.39 is 0 Å². The number of nitrogens with two attached hydrogens (primary N) is 1. The van der Waals surface area contributed by atoms with Gasteiger partial charge in [0, 0.05) is 10.1 Å². The Hall–Kier alpha value is -0.360. The van der Waals surface area contributed by atoms with E-state index in [-0.39, 0.29) is 5.82 Å². The number of hydrogen-bond acceptors (Lipinski definition) is 2. The Morgan fingerprint density at radius 2 is 2.17 bits per heavy atom. The first kappa shape index (κ1) is 8.25. The van der Waals surface area contributed by atoms with Crippen LogP contribution in [0.15, 0.2) is 18.2 Å². The van der Waals surface area contributed by atoms with Crippen LogP contribution < -0.4 is 5.73 Å². The molecule has 0 fully saturated rings. The van der Waals surface area contributed by atoms with Crippen molar-refractivity contribution in [1.82, 2.24) is 0 Å². The van der Waals surface area contributed by atoms with Gasteiger partial charge in [-0.25, -0.2) is 4.39 Å². The van der Waals surface area contributed by atoms with Crippen molar-refractivity contribution in [2.75, 3.05) is 5.73 Å². The van der Waals surface area contributed by atoms with Crippen LogP contribution in [0.5, 0.6) is 0 Å². The summed E-state index contributed by atoms with van der Waals surface area (Å²) in [7, 11) is 0. The van der Waals surface area contributed by atoms with E-state index in [0.717, 1.165) is 15.1 Å². The molecule has 0 aliphatic rings. The summed E-state index contributed by atoms with van der Waals surface area (Å²) in [5.41, 5.74) is 5.60. The molecule has 1 nitrogen and oxygen atoms in total. The third kappa shape index (κ3) is 1.19. The minimum absolute atomic E-state index is 0.180. The number of rotatable bonds is 0. The first-order valence-corrected chi connectivity index (χ1v) is 5.21. The molecule has 12 heavy (non-hydrogen) atoms. The number of anilines is 1. The quantitative estimate of drug-likeness (QED) is 0.741. The lowest BCUT2D eigenvalue weighted by molar-refractivity contribution is 0.623. The number of benzene rings is 1. The van der Waals surface area contributed by atoms with Crippen molar-refractivity contribution in [3.8, 4) is 0 Å². The summed E-state index contributed by atoms with van der Waals surface area (Å²) in [5.74, 6) is -0.180. The monoisotopic (exact) mass is 293 g/mol. The van der Waals surface area contributed by atoms with Gasteiger partial charge in [0.2, 0.25) is 0 Å². The van der Waals surface area contributed by atoms with Crippen LogP contribution in [0, 0.1) is 9.39 Å². The molecule has 0 aliphatic heterocycles. The van der Waals surface area contributed by atoms with Gasteiger partial charge in [-0.3, -0.25) is 0 Å². The third-order valence-corrected chi connectivity index (χ3v) is 3.63. The van der Waals surface area contributed by atoms with E-state index >= 15 is 0 Å². The van der Waals surface area contributed by atoms with Crippen molar-refractivity contribution in [3.63, 3.8) is 0 Å². The van der Waals surface area contributed by atoms with Crippen LogP contribution in [-0.4, -0.2) is 0 Å². The van der Waals surface area contributed by atoms with Gasteiger partial charge in [0.25, 0.3) is 0 Å². The Kier molecular flexibility index (Phi) is 1.96. The highest BCUT2D eigenvalue weighted by atomic mass is 127. The molecule has 0 atom stereocenters. The molecular weight excluding hydrogens is 288 g/mol. The standard InChI is InChI=1S/C8H5FINS/c9-5-1-2-6-4(8(5)10)3-7(11)12-6/h1-3H,11H2. The molecule has 0 bridgehead atoms. The summed E-state index contributed by atoms with van der Waals surface area (Å²) in [4.78, 5) is 0. The van der Waals surface area contributed by atoms with Gasteiger partial charge in [-0.2, -0.15) is 0 Å². The second kappa shape index (κ2) is 2.85. The molecule has 62 valence electrons. The third-order valence-electron chi connectivity index (χ3n) is 1.61. The molecule has 4 heteroatoms. The fourth-order valence-electron chi connectivity index (χ4n) is 1.07. The molecule has 0 unspecified atom stereocenters. The van der Waals surface area contributed by atoms with Gasteiger partial charge in [-0.05, 0) is 40.8 Å². The minimum atomic E-state index is -0.180. The molecule has 0 amide bonds. The zero-order valence-electron chi connectivity index (χ0n) is 5.97. The van der Waals surface area contributed by atoms with Crippen LogP contribution in [0.1, 0.15) is 0 Å². The lowest BCUT2D eigenvalue weighted by atomic mass is 10.2. The second-order valence-electron chi connectivity index (χ2n) is 2.42. The Morgan fingerprint density at radius 3 is 2.92 bits per heavy atom. The summed E-state index contributed by atoms with van der Waals surface area (Å²) >= 11 is 3.47. The number of fused-ring (bicyclic) bond motifs is 1. The van der Waals surface area contributed by atoms with Crippen molar-refractivity contribution in [3.05, 3.63) is 27.6 Å². The summed E-state index contributed by atoms with van der Waals surface area (Å²) in [6.07, 6.45) is 0. The summed E-state index contributed by atoms with van der Waals surface area (Å²) < 4.78 is 14.7. The van der Waals surface area contributed by atoms with Gasteiger partial charge in [-0.1, -0.05) is 0 Å². The lowest BCUT2D eigenvalue weighted by Crippen LogP contribution is -1.79. The van der Waals surface area contributed by atoms with E-state index in [0.29, 0.717) is 3.57 Å². The van der Waals surface area contributed by atoms with Gasteiger partial charge in [0.05, 0.1) is 8.57 Å². The van der Waals surface area contributed by atoms with Crippen molar-refractivity contribution < 1.29 is 4.39 Å². The number of halogens is 2. The summed E-state index contributed by atoms with van der Waals surface area (Å²) in [5, 5.41) is 1.65. The lowest BCUT2D eigenvalue weighted by Gasteiger charge is -1.94. The topological polar surface area (TPSA) is 26.0 Å². The van der Waals surface area contributed by atoms with E-state index in [9.17, 15) is 4.39 Å². The molecule has 0 spiro atoms. The van der Waals surface area contributed by atoms with Crippen LogP contribution >= 0.6 is 33.9 Å². The molecule has 2 N–H and O–H groups in total. The minimum Gasteiger partial charge on any atom is -0.391 e.